The van der Waals surface area contributed by atoms with Gasteiger partial charge in [0.05, 0.1) is 24.8 Å². The predicted molar refractivity (Wildman–Crippen MR) is 143 cm³/mol. The summed E-state index contributed by atoms with van der Waals surface area (Å²) in [7, 11) is 0. The second-order valence-corrected chi connectivity index (χ2v) is 10.3. The number of aryl methyl sites for hydroxylation is 2. The number of hydrogen-bond donors (Lipinski definition) is 0. The number of ether oxygens (including phenoxy) is 2. The predicted octanol–water partition coefficient (Wildman–Crippen LogP) is 8.87. The van der Waals surface area contributed by atoms with Gasteiger partial charge in [-0.15, -0.1) is 11.3 Å². The number of nitriles is 1. The molecule has 0 aliphatic rings. The van der Waals surface area contributed by atoms with Gasteiger partial charge in [-0.1, -0.05) is 69.2 Å². The smallest absolute Gasteiger partial charge is 0.133 e. The van der Waals surface area contributed by atoms with Crippen molar-refractivity contribution in [2.45, 2.75) is 71.6 Å². The van der Waals surface area contributed by atoms with Crippen molar-refractivity contribution in [1.29, 1.82) is 5.26 Å². The summed E-state index contributed by atoms with van der Waals surface area (Å²) in [5, 5.41) is 8.91. The highest BCUT2D eigenvalue weighted by Crippen LogP contribution is 2.28. The van der Waals surface area contributed by atoms with Gasteiger partial charge >= 0.3 is 0 Å². The fraction of sp³-hybridized carbons (Fsp3) is 0.433. The van der Waals surface area contributed by atoms with Crippen LogP contribution in [0.3, 0.4) is 0 Å². The minimum Gasteiger partial charge on any atom is -0.494 e. The Hall–Kier alpha value is -2.77. The minimum absolute atomic E-state index is 0.685. The summed E-state index contributed by atoms with van der Waals surface area (Å²) in [6.45, 7) is 5.89. The molecule has 0 aliphatic carbocycles. The van der Waals surface area contributed by atoms with Crippen LogP contribution in [-0.2, 0) is 0 Å². The van der Waals surface area contributed by atoms with Crippen LogP contribution in [0.25, 0.3) is 11.1 Å². The average Bonchev–Trinajstić information content (AvgIpc) is 3.19. The van der Waals surface area contributed by atoms with E-state index in [1.165, 1.54) is 54.7 Å². The molecule has 0 bridgehead atoms. The van der Waals surface area contributed by atoms with Crippen LogP contribution in [0.1, 0.15) is 73.1 Å². The van der Waals surface area contributed by atoms with E-state index in [9.17, 15) is 0 Å². The molecule has 1 heterocycles. The maximum atomic E-state index is 8.91. The Morgan fingerprint density at radius 1 is 0.676 bits per heavy atom. The van der Waals surface area contributed by atoms with E-state index in [1.807, 2.05) is 47.7 Å². The lowest BCUT2D eigenvalue weighted by Gasteiger charge is -2.08. The quantitative estimate of drug-likeness (QED) is 0.206. The first-order chi connectivity index (χ1) is 16.7. The molecular weight excluding hydrogens is 438 g/mol. The molecule has 0 atom stereocenters. The Morgan fingerprint density at radius 3 is 1.68 bits per heavy atom. The minimum atomic E-state index is 0.685. The third-order valence-corrected chi connectivity index (χ3v) is 6.96. The molecule has 0 amide bonds. The Balaban J connectivity index is 1.15. The number of rotatable bonds is 15. The van der Waals surface area contributed by atoms with E-state index in [-0.39, 0.29) is 0 Å². The second-order valence-electron chi connectivity index (χ2n) is 8.87. The maximum absolute atomic E-state index is 8.91. The average molecular weight is 476 g/mol. The number of unbranched alkanes of at least 4 members (excludes halogenated alkanes) is 8. The van der Waals surface area contributed by atoms with Gasteiger partial charge in [-0.3, -0.25) is 0 Å². The molecule has 0 unspecified atom stereocenters. The highest BCUT2D eigenvalue weighted by Gasteiger charge is 2.03. The van der Waals surface area contributed by atoms with Gasteiger partial charge in [0.25, 0.3) is 0 Å². The summed E-state index contributed by atoms with van der Waals surface area (Å²) in [6.07, 6.45) is 11.4. The van der Waals surface area contributed by atoms with Gasteiger partial charge in [0.15, 0.2) is 0 Å². The first-order valence-electron chi connectivity index (χ1n) is 12.6. The van der Waals surface area contributed by atoms with E-state index in [0.717, 1.165) is 48.7 Å². The van der Waals surface area contributed by atoms with E-state index in [0.29, 0.717) is 5.56 Å². The maximum Gasteiger partial charge on any atom is 0.133 e. The Bertz CT molecular complexity index is 1020. The molecule has 0 fully saturated rings. The van der Waals surface area contributed by atoms with Gasteiger partial charge in [0, 0.05) is 9.75 Å². The number of nitrogens with zero attached hydrogens (tertiary/aromatic N) is 1. The third-order valence-electron chi connectivity index (χ3n) is 6.01. The summed E-state index contributed by atoms with van der Waals surface area (Å²) in [6, 6.07) is 20.2. The van der Waals surface area contributed by atoms with Gasteiger partial charge in [-0.25, -0.2) is 0 Å². The zero-order chi connectivity index (χ0) is 24.0. The Labute approximate surface area is 209 Å². The molecule has 0 saturated carbocycles. The van der Waals surface area contributed by atoms with Crippen molar-refractivity contribution in [2.75, 3.05) is 13.2 Å². The summed E-state index contributed by atoms with van der Waals surface area (Å²) in [4.78, 5) is 2.62. The van der Waals surface area contributed by atoms with Crippen LogP contribution in [0.5, 0.6) is 11.5 Å². The fourth-order valence-corrected chi connectivity index (χ4v) is 4.91. The van der Waals surface area contributed by atoms with Crippen molar-refractivity contribution in [3.8, 4) is 28.7 Å². The van der Waals surface area contributed by atoms with Crippen LogP contribution in [0.4, 0.5) is 0 Å². The molecule has 3 aromatic rings. The van der Waals surface area contributed by atoms with Crippen LogP contribution < -0.4 is 9.47 Å². The van der Waals surface area contributed by atoms with Crippen LogP contribution >= 0.6 is 11.3 Å². The molecule has 0 saturated heterocycles. The fourth-order valence-electron chi connectivity index (χ4n) is 4.05. The van der Waals surface area contributed by atoms with Gasteiger partial charge < -0.3 is 9.47 Å². The summed E-state index contributed by atoms with van der Waals surface area (Å²) >= 11 is 1.81. The first-order valence-corrected chi connectivity index (χ1v) is 13.4. The van der Waals surface area contributed by atoms with Crippen LogP contribution in [-0.4, -0.2) is 13.2 Å². The van der Waals surface area contributed by atoms with Crippen molar-refractivity contribution in [3.63, 3.8) is 0 Å². The third kappa shape index (κ3) is 8.88. The summed E-state index contributed by atoms with van der Waals surface area (Å²) in [5.41, 5.74) is 2.93. The van der Waals surface area contributed by atoms with E-state index >= 15 is 0 Å². The zero-order valence-electron chi connectivity index (χ0n) is 20.6. The van der Waals surface area contributed by atoms with Crippen LogP contribution in [0.15, 0.2) is 54.6 Å². The van der Waals surface area contributed by atoms with E-state index in [4.69, 9.17) is 14.7 Å². The van der Waals surface area contributed by atoms with Gasteiger partial charge in [-0.05, 0) is 68.1 Å². The summed E-state index contributed by atoms with van der Waals surface area (Å²) < 4.78 is 11.8. The molecule has 0 N–H and O–H groups in total. The largest absolute Gasteiger partial charge is 0.494 e. The van der Waals surface area contributed by atoms with E-state index < -0.39 is 0 Å². The van der Waals surface area contributed by atoms with Crippen LogP contribution in [0, 0.1) is 25.2 Å². The molecule has 3 nitrogen and oxygen atoms in total. The summed E-state index contributed by atoms with van der Waals surface area (Å²) in [5.74, 6) is 2.00. The lowest BCUT2D eigenvalue weighted by Crippen LogP contribution is -1.97. The van der Waals surface area contributed by atoms with Crippen molar-refractivity contribution >= 4 is 11.3 Å². The number of benzene rings is 2. The molecule has 2 aromatic carbocycles. The molecule has 180 valence electrons. The second kappa shape index (κ2) is 14.5. The molecular formula is C30H37NO2S. The molecule has 0 aliphatic heterocycles. The molecule has 3 rings (SSSR count). The topological polar surface area (TPSA) is 42.2 Å². The zero-order valence-corrected chi connectivity index (χ0v) is 21.5. The Morgan fingerprint density at radius 2 is 1.18 bits per heavy atom. The van der Waals surface area contributed by atoms with Crippen molar-refractivity contribution < 1.29 is 9.47 Å². The van der Waals surface area contributed by atoms with Gasteiger partial charge in [0.1, 0.15) is 11.5 Å². The molecule has 0 radical (unpaired) electrons. The highest BCUT2D eigenvalue weighted by atomic mass is 32.1. The molecule has 4 heteroatoms. The van der Waals surface area contributed by atoms with Gasteiger partial charge in [-0.2, -0.15) is 5.26 Å². The monoisotopic (exact) mass is 475 g/mol. The lowest BCUT2D eigenvalue weighted by atomic mass is 10.0. The van der Waals surface area contributed by atoms with Crippen molar-refractivity contribution in [1.82, 2.24) is 0 Å². The van der Waals surface area contributed by atoms with Gasteiger partial charge in [0.2, 0.25) is 0 Å². The van der Waals surface area contributed by atoms with E-state index in [1.54, 1.807) is 0 Å². The van der Waals surface area contributed by atoms with Crippen molar-refractivity contribution in [3.05, 3.63) is 69.9 Å². The van der Waals surface area contributed by atoms with Crippen LogP contribution in [0.2, 0.25) is 0 Å². The normalized spacial score (nSPS) is 10.7. The van der Waals surface area contributed by atoms with E-state index in [2.05, 4.69) is 38.1 Å². The lowest BCUT2D eigenvalue weighted by molar-refractivity contribution is 0.302. The highest BCUT2D eigenvalue weighted by molar-refractivity contribution is 7.12. The number of thiophene rings is 1. The standard InChI is InChI=1S/C30H37NO2S/c1-24-22-30(25(2)34-24)33-21-11-9-7-5-3-4-6-8-10-20-32-29-18-16-28(17-19-29)27-14-12-26(23-31)13-15-27/h12-19,22H,3-11,20-21H2,1-2H3. The first kappa shape index (κ1) is 25.8. The van der Waals surface area contributed by atoms with Crippen molar-refractivity contribution in [2.24, 2.45) is 0 Å². The Kier molecular flexibility index (Phi) is 11.0. The molecule has 34 heavy (non-hydrogen) atoms. The SMILES string of the molecule is Cc1cc(OCCCCCCCCCCCOc2ccc(-c3ccc(C#N)cc3)cc2)c(C)s1. The number of hydrogen-bond acceptors (Lipinski definition) is 4. The molecule has 1 aromatic heterocycles. The molecule has 0 spiro atoms.